The van der Waals surface area contributed by atoms with Crippen LogP contribution in [0.2, 0.25) is 0 Å². The zero-order valence-corrected chi connectivity index (χ0v) is 18.7. The van der Waals surface area contributed by atoms with Gasteiger partial charge in [-0.05, 0) is 43.7 Å². The van der Waals surface area contributed by atoms with E-state index in [2.05, 4.69) is 22.6 Å². The number of nitrogens with one attached hydrogen (secondary N) is 2. The van der Waals surface area contributed by atoms with Gasteiger partial charge in [0.25, 0.3) is 11.8 Å². The quantitative estimate of drug-likeness (QED) is 0.616. The second kappa shape index (κ2) is 9.87. The van der Waals surface area contributed by atoms with Crippen LogP contribution in [0.4, 0.5) is 4.79 Å². The molecule has 174 valence electrons. The summed E-state index contributed by atoms with van der Waals surface area (Å²) in [6.45, 7) is 6.96. The van der Waals surface area contributed by atoms with Crippen LogP contribution in [-0.2, 0) is 9.59 Å². The van der Waals surface area contributed by atoms with Crippen molar-refractivity contribution in [2.45, 2.75) is 38.1 Å². The number of para-hydroxylation sites is 1. The number of carbonyl (C=O) groups excluding carboxylic acids is 3. The molecule has 2 heterocycles. The smallest absolute Gasteiger partial charge is 0.344 e. The number of hydrazine groups is 1. The molecule has 9 nitrogen and oxygen atoms in total. The zero-order valence-electron chi connectivity index (χ0n) is 18.7. The molecule has 3 fully saturated rings. The molecule has 2 aliphatic heterocycles. The van der Waals surface area contributed by atoms with E-state index < -0.39 is 11.6 Å². The van der Waals surface area contributed by atoms with Gasteiger partial charge in [-0.3, -0.25) is 24.8 Å². The molecule has 3 aliphatic rings. The normalized spacial score (nSPS) is 26.9. The van der Waals surface area contributed by atoms with E-state index in [1.165, 1.54) is 0 Å². The predicted octanol–water partition coefficient (Wildman–Crippen LogP) is 1.21. The van der Waals surface area contributed by atoms with Crippen LogP contribution >= 0.6 is 0 Å². The maximum absolute atomic E-state index is 12.9. The van der Waals surface area contributed by atoms with E-state index in [1.54, 1.807) is 0 Å². The molecular weight excluding hydrogens is 410 g/mol. The first kappa shape index (κ1) is 22.5. The lowest BCUT2D eigenvalue weighted by Gasteiger charge is -2.34. The Labute approximate surface area is 189 Å². The lowest BCUT2D eigenvalue weighted by Crippen LogP contribution is -2.54. The molecule has 4 rings (SSSR count). The number of hydrogen-bond acceptors (Lipinski definition) is 6. The summed E-state index contributed by atoms with van der Waals surface area (Å²) in [5.74, 6) is 0.756. The molecule has 0 aromatic heterocycles. The van der Waals surface area contributed by atoms with Crippen molar-refractivity contribution >= 4 is 17.8 Å². The number of carbonyl (C=O) groups is 3. The molecule has 1 aromatic rings. The van der Waals surface area contributed by atoms with E-state index >= 15 is 0 Å². The molecule has 0 atom stereocenters. The van der Waals surface area contributed by atoms with Crippen LogP contribution in [0.25, 0.3) is 0 Å². The van der Waals surface area contributed by atoms with Crippen molar-refractivity contribution < 1.29 is 19.1 Å². The van der Waals surface area contributed by atoms with Crippen molar-refractivity contribution in [3.8, 4) is 5.75 Å². The fraction of sp³-hybridized carbons (Fsp3) is 0.609. The number of benzene rings is 1. The van der Waals surface area contributed by atoms with Crippen molar-refractivity contribution in [2.75, 3.05) is 45.9 Å². The van der Waals surface area contributed by atoms with Gasteiger partial charge in [0.05, 0.1) is 6.54 Å². The van der Waals surface area contributed by atoms with Gasteiger partial charge in [0.15, 0.2) is 0 Å². The summed E-state index contributed by atoms with van der Waals surface area (Å²) in [4.78, 5) is 42.1. The van der Waals surface area contributed by atoms with E-state index in [0.717, 1.165) is 56.3 Å². The van der Waals surface area contributed by atoms with Gasteiger partial charge in [-0.15, -0.1) is 0 Å². The minimum atomic E-state index is -0.843. The van der Waals surface area contributed by atoms with Gasteiger partial charge in [-0.1, -0.05) is 25.1 Å². The van der Waals surface area contributed by atoms with E-state index in [9.17, 15) is 14.4 Å². The topological polar surface area (TPSA) is 94.2 Å². The van der Waals surface area contributed by atoms with E-state index in [4.69, 9.17) is 4.74 Å². The first-order valence-electron chi connectivity index (χ1n) is 11.5. The molecule has 1 aromatic carbocycles. The van der Waals surface area contributed by atoms with Crippen LogP contribution in [0.15, 0.2) is 30.3 Å². The van der Waals surface area contributed by atoms with E-state index in [1.807, 2.05) is 35.2 Å². The number of urea groups is 1. The molecule has 1 spiro atoms. The van der Waals surface area contributed by atoms with Gasteiger partial charge >= 0.3 is 6.03 Å². The largest absolute Gasteiger partial charge is 0.492 e. The lowest BCUT2D eigenvalue weighted by molar-refractivity contribution is -0.140. The number of hydrogen-bond donors (Lipinski definition) is 2. The second-order valence-electron chi connectivity index (χ2n) is 9.15. The third-order valence-corrected chi connectivity index (χ3v) is 6.78. The number of amides is 4. The fourth-order valence-corrected chi connectivity index (χ4v) is 4.66. The first-order valence-corrected chi connectivity index (χ1v) is 11.5. The van der Waals surface area contributed by atoms with Crippen LogP contribution in [0.3, 0.4) is 0 Å². The lowest BCUT2D eigenvalue weighted by atomic mass is 9.77. The zero-order chi connectivity index (χ0) is 22.6. The Bertz CT molecular complexity index is 817. The van der Waals surface area contributed by atoms with Crippen LogP contribution in [-0.4, -0.2) is 84.1 Å². The molecule has 2 saturated heterocycles. The van der Waals surface area contributed by atoms with Crippen LogP contribution in [0.5, 0.6) is 5.75 Å². The Hall–Kier alpha value is -2.65. The maximum atomic E-state index is 12.9. The average Bonchev–Trinajstić information content (AvgIpc) is 3.02. The average molecular weight is 444 g/mol. The third-order valence-electron chi connectivity index (χ3n) is 6.78. The molecule has 1 aliphatic carbocycles. The van der Waals surface area contributed by atoms with Gasteiger partial charge in [-0.2, -0.15) is 5.01 Å². The molecule has 2 N–H and O–H groups in total. The van der Waals surface area contributed by atoms with Crippen molar-refractivity contribution in [2.24, 2.45) is 5.92 Å². The molecule has 0 unspecified atom stereocenters. The van der Waals surface area contributed by atoms with E-state index in [0.29, 0.717) is 25.4 Å². The minimum absolute atomic E-state index is 0.162. The van der Waals surface area contributed by atoms with Crippen molar-refractivity contribution in [3.63, 3.8) is 0 Å². The van der Waals surface area contributed by atoms with E-state index in [-0.39, 0.29) is 18.4 Å². The highest BCUT2D eigenvalue weighted by molar-refractivity contribution is 6.08. The fourth-order valence-electron chi connectivity index (χ4n) is 4.66. The van der Waals surface area contributed by atoms with Gasteiger partial charge in [0.2, 0.25) is 0 Å². The summed E-state index contributed by atoms with van der Waals surface area (Å²) < 4.78 is 5.75. The summed E-state index contributed by atoms with van der Waals surface area (Å²) in [6, 6.07) is 9.22. The summed E-state index contributed by atoms with van der Waals surface area (Å²) >= 11 is 0. The summed E-state index contributed by atoms with van der Waals surface area (Å²) in [7, 11) is 0. The standard InChI is InChI=1S/C23H33N5O4/c1-18-7-9-23(10-8-18)21(30)28(22(31)24-23)25-20(29)17-27-13-11-26(12-14-27)15-16-32-19-5-3-2-4-6-19/h2-6,18H,7-17H2,1H3,(H,24,31)(H,25,29). The van der Waals surface area contributed by atoms with Crippen LogP contribution < -0.4 is 15.5 Å². The molecular formula is C23H33N5O4. The van der Waals surface area contributed by atoms with Crippen LogP contribution in [0, 0.1) is 5.92 Å². The van der Waals surface area contributed by atoms with Crippen LogP contribution in [0.1, 0.15) is 32.6 Å². The Morgan fingerprint density at radius 2 is 1.75 bits per heavy atom. The van der Waals surface area contributed by atoms with Gasteiger partial charge in [0.1, 0.15) is 17.9 Å². The number of piperazine rings is 1. The van der Waals surface area contributed by atoms with Gasteiger partial charge in [0, 0.05) is 32.7 Å². The Morgan fingerprint density at radius 3 is 2.44 bits per heavy atom. The molecule has 1 saturated carbocycles. The highest BCUT2D eigenvalue weighted by Crippen LogP contribution is 2.35. The Morgan fingerprint density at radius 1 is 1.09 bits per heavy atom. The minimum Gasteiger partial charge on any atom is -0.492 e. The van der Waals surface area contributed by atoms with Gasteiger partial charge < -0.3 is 10.1 Å². The first-order chi connectivity index (χ1) is 15.4. The number of ether oxygens (including phenoxy) is 1. The highest BCUT2D eigenvalue weighted by atomic mass is 16.5. The SMILES string of the molecule is CC1CCC2(CC1)NC(=O)N(NC(=O)CN1CCN(CCOc3ccccc3)CC1)C2=O. The second-order valence-corrected chi connectivity index (χ2v) is 9.15. The molecule has 0 bridgehead atoms. The summed E-state index contributed by atoms with van der Waals surface area (Å²) in [6.07, 6.45) is 3.05. The molecule has 4 amide bonds. The third kappa shape index (κ3) is 5.21. The number of rotatable bonds is 7. The van der Waals surface area contributed by atoms with Crippen molar-refractivity contribution in [1.82, 2.24) is 25.6 Å². The summed E-state index contributed by atoms with van der Waals surface area (Å²) in [5.41, 5.74) is 1.69. The number of imide groups is 1. The summed E-state index contributed by atoms with van der Waals surface area (Å²) in [5, 5.41) is 3.71. The molecule has 32 heavy (non-hydrogen) atoms. The highest BCUT2D eigenvalue weighted by Gasteiger charge is 2.52. The van der Waals surface area contributed by atoms with Crippen molar-refractivity contribution in [1.29, 1.82) is 0 Å². The molecule has 9 heteroatoms. The Balaban J connectivity index is 1.17. The predicted molar refractivity (Wildman–Crippen MR) is 119 cm³/mol. The maximum Gasteiger partial charge on any atom is 0.344 e. The molecule has 0 radical (unpaired) electrons. The number of nitrogens with zero attached hydrogens (tertiary/aromatic N) is 3. The van der Waals surface area contributed by atoms with Gasteiger partial charge in [-0.25, -0.2) is 4.79 Å². The Kier molecular flexibility index (Phi) is 6.95. The monoisotopic (exact) mass is 443 g/mol. The van der Waals surface area contributed by atoms with Crippen molar-refractivity contribution in [3.05, 3.63) is 30.3 Å².